The van der Waals surface area contributed by atoms with Crippen LogP contribution in [0.25, 0.3) is 11.0 Å². The van der Waals surface area contributed by atoms with E-state index in [1.807, 2.05) is 36.2 Å². The van der Waals surface area contributed by atoms with Gasteiger partial charge in [0.1, 0.15) is 11.6 Å². The molecule has 3 heterocycles. The SMILES string of the molecule is Cn1c(N2CCCC(C(=O)NCCc3nc4ccccc4n3C)C2)cc(=O)n(C)c1=O. The second-order valence-electron chi connectivity index (χ2n) is 8.14. The summed E-state index contributed by atoms with van der Waals surface area (Å²) in [4.78, 5) is 43.7. The third-order valence-corrected chi connectivity index (χ3v) is 6.14. The number of amides is 1. The predicted molar refractivity (Wildman–Crippen MR) is 119 cm³/mol. The molecule has 0 aliphatic carbocycles. The summed E-state index contributed by atoms with van der Waals surface area (Å²) in [6.45, 7) is 1.71. The molecular formula is C22H28N6O3. The Labute approximate surface area is 179 Å². The van der Waals surface area contributed by atoms with Gasteiger partial charge in [0, 0.05) is 53.3 Å². The molecule has 31 heavy (non-hydrogen) atoms. The van der Waals surface area contributed by atoms with Crippen LogP contribution in [0, 0.1) is 5.92 Å². The molecule has 1 aliphatic rings. The van der Waals surface area contributed by atoms with Gasteiger partial charge >= 0.3 is 5.69 Å². The minimum Gasteiger partial charge on any atom is -0.357 e. The molecule has 1 saturated heterocycles. The van der Waals surface area contributed by atoms with E-state index in [9.17, 15) is 14.4 Å². The van der Waals surface area contributed by atoms with E-state index in [0.29, 0.717) is 31.9 Å². The lowest BCUT2D eigenvalue weighted by Crippen LogP contribution is -2.46. The summed E-state index contributed by atoms with van der Waals surface area (Å²) >= 11 is 0. The molecule has 1 unspecified atom stereocenters. The Kier molecular flexibility index (Phi) is 5.67. The van der Waals surface area contributed by atoms with E-state index in [1.54, 1.807) is 7.05 Å². The molecule has 0 saturated carbocycles. The number of anilines is 1. The van der Waals surface area contributed by atoms with Crippen LogP contribution in [0.5, 0.6) is 0 Å². The normalized spacial score (nSPS) is 16.6. The Bertz CT molecular complexity index is 1240. The van der Waals surface area contributed by atoms with E-state index in [2.05, 4.69) is 14.9 Å². The molecule has 9 nitrogen and oxygen atoms in total. The number of hydrogen-bond acceptors (Lipinski definition) is 5. The zero-order valence-electron chi connectivity index (χ0n) is 18.2. The average molecular weight is 425 g/mol. The number of imidazole rings is 1. The fourth-order valence-electron chi connectivity index (χ4n) is 4.28. The van der Waals surface area contributed by atoms with Crippen molar-refractivity contribution < 1.29 is 4.79 Å². The fraction of sp³-hybridized carbons (Fsp3) is 0.455. The van der Waals surface area contributed by atoms with Gasteiger partial charge in [-0.15, -0.1) is 0 Å². The van der Waals surface area contributed by atoms with Crippen molar-refractivity contribution in [3.05, 3.63) is 57.0 Å². The number of nitrogens with one attached hydrogen (secondary N) is 1. The number of aryl methyl sites for hydroxylation is 1. The molecule has 2 aromatic heterocycles. The lowest BCUT2D eigenvalue weighted by molar-refractivity contribution is -0.125. The number of aromatic nitrogens is 4. The smallest absolute Gasteiger partial charge is 0.332 e. The van der Waals surface area contributed by atoms with Gasteiger partial charge in [0.05, 0.1) is 17.0 Å². The number of carbonyl (C=O) groups is 1. The maximum absolute atomic E-state index is 12.8. The van der Waals surface area contributed by atoms with Crippen LogP contribution in [0.15, 0.2) is 39.9 Å². The summed E-state index contributed by atoms with van der Waals surface area (Å²) in [5.74, 6) is 1.30. The molecule has 1 N–H and O–H groups in total. The Morgan fingerprint density at radius 3 is 2.68 bits per heavy atom. The minimum absolute atomic E-state index is 0.00250. The van der Waals surface area contributed by atoms with Crippen LogP contribution in [0.3, 0.4) is 0 Å². The number of fused-ring (bicyclic) bond motifs is 1. The van der Waals surface area contributed by atoms with Crippen molar-refractivity contribution in [2.45, 2.75) is 19.3 Å². The second-order valence-corrected chi connectivity index (χ2v) is 8.14. The van der Waals surface area contributed by atoms with Crippen LogP contribution in [0.2, 0.25) is 0 Å². The van der Waals surface area contributed by atoms with Crippen molar-refractivity contribution in [2.24, 2.45) is 27.1 Å². The van der Waals surface area contributed by atoms with Crippen molar-refractivity contribution in [1.82, 2.24) is 24.0 Å². The standard InChI is InChI=1S/C22H28N6O3/c1-25-17-9-5-4-8-16(17)24-18(25)10-11-23-21(30)15-7-6-12-28(14-15)19-13-20(29)27(3)22(31)26(19)2/h4-5,8-9,13,15H,6-7,10-12,14H2,1-3H3,(H,23,30). The molecular weight excluding hydrogens is 396 g/mol. The number of rotatable bonds is 5. The number of benzene rings is 1. The van der Waals surface area contributed by atoms with E-state index in [-0.39, 0.29) is 23.1 Å². The average Bonchev–Trinajstić information content (AvgIpc) is 3.10. The lowest BCUT2D eigenvalue weighted by atomic mass is 9.97. The molecule has 0 spiro atoms. The van der Waals surface area contributed by atoms with Crippen LogP contribution >= 0.6 is 0 Å². The molecule has 3 aromatic rings. The first-order valence-corrected chi connectivity index (χ1v) is 10.6. The number of hydrogen-bond donors (Lipinski definition) is 1. The third-order valence-electron chi connectivity index (χ3n) is 6.14. The first kappa shape index (κ1) is 20.9. The van der Waals surface area contributed by atoms with E-state index in [1.165, 1.54) is 17.7 Å². The highest BCUT2D eigenvalue weighted by atomic mass is 16.2. The summed E-state index contributed by atoms with van der Waals surface area (Å²) in [7, 11) is 5.10. The number of para-hydroxylation sites is 2. The second kappa shape index (κ2) is 8.41. The molecule has 1 atom stereocenters. The van der Waals surface area contributed by atoms with Gasteiger partial charge < -0.3 is 14.8 Å². The van der Waals surface area contributed by atoms with Gasteiger partial charge in [-0.2, -0.15) is 0 Å². The summed E-state index contributed by atoms with van der Waals surface area (Å²) in [6.07, 6.45) is 2.26. The van der Waals surface area contributed by atoms with Gasteiger partial charge in [0.15, 0.2) is 0 Å². The Morgan fingerprint density at radius 2 is 1.90 bits per heavy atom. The van der Waals surface area contributed by atoms with Crippen LogP contribution in [-0.4, -0.2) is 44.2 Å². The third kappa shape index (κ3) is 3.99. The fourth-order valence-corrected chi connectivity index (χ4v) is 4.28. The van der Waals surface area contributed by atoms with Crippen molar-refractivity contribution in [3.8, 4) is 0 Å². The monoisotopic (exact) mass is 424 g/mol. The number of piperidine rings is 1. The molecule has 164 valence electrons. The van der Waals surface area contributed by atoms with Gasteiger partial charge in [-0.05, 0) is 25.0 Å². The summed E-state index contributed by atoms with van der Waals surface area (Å²) in [5.41, 5.74) is 1.32. The van der Waals surface area contributed by atoms with Gasteiger partial charge in [0.2, 0.25) is 5.91 Å². The molecule has 4 rings (SSSR count). The van der Waals surface area contributed by atoms with Crippen molar-refractivity contribution in [3.63, 3.8) is 0 Å². The number of carbonyl (C=O) groups excluding carboxylic acids is 1. The first-order valence-electron chi connectivity index (χ1n) is 10.6. The minimum atomic E-state index is -0.364. The highest BCUT2D eigenvalue weighted by Gasteiger charge is 2.27. The largest absolute Gasteiger partial charge is 0.357 e. The highest BCUT2D eigenvalue weighted by Crippen LogP contribution is 2.21. The summed E-state index contributed by atoms with van der Waals surface area (Å²) in [6, 6.07) is 9.44. The van der Waals surface area contributed by atoms with Gasteiger partial charge in [-0.1, -0.05) is 12.1 Å². The molecule has 1 aromatic carbocycles. The summed E-state index contributed by atoms with van der Waals surface area (Å²) in [5, 5.41) is 3.04. The van der Waals surface area contributed by atoms with Crippen molar-refractivity contribution in [2.75, 3.05) is 24.5 Å². The van der Waals surface area contributed by atoms with Crippen molar-refractivity contribution in [1.29, 1.82) is 0 Å². The lowest BCUT2D eigenvalue weighted by Gasteiger charge is -2.34. The van der Waals surface area contributed by atoms with Crippen molar-refractivity contribution >= 4 is 22.8 Å². The Hall–Kier alpha value is -3.36. The van der Waals surface area contributed by atoms with E-state index in [4.69, 9.17) is 0 Å². The van der Waals surface area contributed by atoms with E-state index < -0.39 is 0 Å². The van der Waals surface area contributed by atoms with Crippen LogP contribution in [0.1, 0.15) is 18.7 Å². The molecule has 9 heteroatoms. The number of nitrogens with zero attached hydrogens (tertiary/aromatic N) is 5. The van der Waals surface area contributed by atoms with Crippen LogP contribution in [0.4, 0.5) is 5.82 Å². The van der Waals surface area contributed by atoms with Crippen LogP contribution in [-0.2, 0) is 32.4 Å². The predicted octanol–water partition coefficient (Wildman–Crippen LogP) is 0.546. The topological polar surface area (TPSA) is 94.2 Å². The Morgan fingerprint density at radius 1 is 1.13 bits per heavy atom. The van der Waals surface area contributed by atoms with E-state index in [0.717, 1.165) is 34.3 Å². The molecule has 1 amide bonds. The zero-order valence-corrected chi connectivity index (χ0v) is 18.2. The maximum atomic E-state index is 12.8. The Balaban J connectivity index is 1.39. The summed E-state index contributed by atoms with van der Waals surface area (Å²) < 4.78 is 4.60. The molecule has 0 radical (unpaired) electrons. The molecule has 1 aliphatic heterocycles. The quantitative estimate of drug-likeness (QED) is 0.645. The van der Waals surface area contributed by atoms with Crippen LogP contribution < -0.4 is 21.5 Å². The molecule has 0 bridgehead atoms. The molecule has 1 fully saturated rings. The highest BCUT2D eigenvalue weighted by molar-refractivity contribution is 5.79. The van der Waals surface area contributed by atoms with Gasteiger partial charge in [-0.3, -0.25) is 18.7 Å². The zero-order chi connectivity index (χ0) is 22.1. The first-order chi connectivity index (χ1) is 14.9. The van der Waals surface area contributed by atoms with Gasteiger partial charge in [-0.25, -0.2) is 9.78 Å². The van der Waals surface area contributed by atoms with E-state index >= 15 is 0 Å². The van der Waals surface area contributed by atoms with Gasteiger partial charge in [0.25, 0.3) is 5.56 Å². The maximum Gasteiger partial charge on any atom is 0.332 e.